The van der Waals surface area contributed by atoms with Crippen LogP contribution in [0.25, 0.3) is 11.7 Å². The summed E-state index contributed by atoms with van der Waals surface area (Å²) in [4.78, 5) is 28.4. The van der Waals surface area contributed by atoms with Crippen LogP contribution in [-0.4, -0.2) is 15.4 Å². The third-order valence-electron chi connectivity index (χ3n) is 3.78. The van der Waals surface area contributed by atoms with E-state index < -0.39 is 5.97 Å². The average molecular weight is 413 g/mol. The van der Waals surface area contributed by atoms with Gasteiger partial charge < -0.3 is 4.74 Å². The van der Waals surface area contributed by atoms with E-state index in [1.807, 2.05) is 38.1 Å². The topological polar surface area (TPSA) is 60.7 Å². The quantitative estimate of drug-likeness (QED) is 0.482. The van der Waals surface area contributed by atoms with E-state index in [1.54, 1.807) is 18.3 Å². The Kier molecular flexibility index (Phi) is 5.32. The van der Waals surface area contributed by atoms with E-state index in [1.165, 1.54) is 16.5 Å². The molecule has 2 heterocycles. The first-order valence-corrected chi connectivity index (χ1v) is 8.81. The molecule has 1 aromatic carbocycles. The second-order valence-corrected chi connectivity index (χ2v) is 6.84. The Bertz CT molecular complexity index is 1070. The van der Waals surface area contributed by atoms with Crippen LogP contribution in [0.2, 0.25) is 0 Å². The fourth-order valence-electron chi connectivity index (χ4n) is 2.45. The summed E-state index contributed by atoms with van der Waals surface area (Å²) in [7, 11) is 0. The highest BCUT2D eigenvalue weighted by Crippen LogP contribution is 2.19. The van der Waals surface area contributed by atoms with Gasteiger partial charge in [0.15, 0.2) is 0 Å². The van der Waals surface area contributed by atoms with Crippen molar-refractivity contribution in [2.24, 2.45) is 0 Å². The molecule has 0 atom stereocenters. The second kappa shape index (κ2) is 7.66. The third-order valence-corrected chi connectivity index (χ3v) is 4.46. The van der Waals surface area contributed by atoms with Gasteiger partial charge in [-0.2, -0.15) is 0 Å². The lowest BCUT2D eigenvalue weighted by Crippen LogP contribution is -2.16. The van der Waals surface area contributed by atoms with Gasteiger partial charge in [0.2, 0.25) is 0 Å². The summed E-state index contributed by atoms with van der Waals surface area (Å²) in [5, 5.41) is 0. The van der Waals surface area contributed by atoms with Crippen LogP contribution in [-0.2, 0) is 16.1 Å². The van der Waals surface area contributed by atoms with Gasteiger partial charge in [0.25, 0.3) is 5.56 Å². The molecule has 0 saturated heterocycles. The minimum atomic E-state index is -0.497. The van der Waals surface area contributed by atoms with E-state index in [0.29, 0.717) is 11.3 Å². The molecule has 3 rings (SSSR count). The van der Waals surface area contributed by atoms with Crippen LogP contribution in [0.5, 0.6) is 0 Å². The van der Waals surface area contributed by atoms with Crippen LogP contribution >= 0.6 is 15.9 Å². The number of nitrogens with zero attached hydrogens (tertiary/aromatic N) is 2. The Morgan fingerprint density at radius 3 is 2.73 bits per heavy atom. The first kappa shape index (κ1) is 18.1. The Balaban J connectivity index is 1.69. The smallest absolute Gasteiger partial charge is 0.331 e. The largest absolute Gasteiger partial charge is 0.456 e. The fourth-order valence-corrected chi connectivity index (χ4v) is 3.08. The molecule has 0 amide bonds. The van der Waals surface area contributed by atoms with Crippen molar-refractivity contribution >= 4 is 33.6 Å². The van der Waals surface area contributed by atoms with Crippen molar-refractivity contribution in [1.82, 2.24) is 9.38 Å². The van der Waals surface area contributed by atoms with Crippen LogP contribution in [0, 0.1) is 13.8 Å². The lowest BCUT2D eigenvalue weighted by molar-refractivity contribution is -0.139. The summed E-state index contributed by atoms with van der Waals surface area (Å²) in [6, 6.07) is 10.9. The lowest BCUT2D eigenvalue weighted by atomic mass is 10.1. The molecule has 2 aromatic heterocycles. The summed E-state index contributed by atoms with van der Waals surface area (Å²) in [5.74, 6) is -0.497. The Morgan fingerprint density at radius 2 is 1.96 bits per heavy atom. The zero-order chi connectivity index (χ0) is 18.7. The molecule has 0 aliphatic rings. The Morgan fingerprint density at radius 1 is 1.19 bits per heavy atom. The molecule has 0 fully saturated rings. The van der Waals surface area contributed by atoms with Crippen molar-refractivity contribution in [2.45, 2.75) is 20.5 Å². The molecule has 0 radical (unpaired) electrons. The number of esters is 1. The first-order chi connectivity index (χ1) is 12.4. The monoisotopic (exact) mass is 412 g/mol. The number of ether oxygens (including phenoxy) is 1. The van der Waals surface area contributed by atoms with Gasteiger partial charge in [-0.25, -0.2) is 9.78 Å². The highest BCUT2D eigenvalue weighted by atomic mass is 79.9. The SMILES string of the molecule is Cc1ccc(/C=C/C(=O)OCc2cc(=O)n3cc(C)ccc3n2)c(Br)c1. The molecule has 0 spiro atoms. The van der Waals surface area contributed by atoms with Gasteiger partial charge in [-0.3, -0.25) is 9.20 Å². The van der Waals surface area contributed by atoms with Gasteiger partial charge in [0, 0.05) is 22.8 Å². The molecule has 5 nitrogen and oxygen atoms in total. The lowest BCUT2D eigenvalue weighted by Gasteiger charge is -2.05. The number of fused-ring (bicyclic) bond motifs is 1. The van der Waals surface area contributed by atoms with E-state index >= 15 is 0 Å². The highest BCUT2D eigenvalue weighted by Gasteiger charge is 2.05. The summed E-state index contributed by atoms with van der Waals surface area (Å²) >= 11 is 3.46. The predicted octanol–water partition coefficient (Wildman–Crippen LogP) is 3.83. The van der Waals surface area contributed by atoms with Crippen molar-refractivity contribution in [1.29, 1.82) is 0 Å². The molecule has 0 N–H and O–H groups in total. The summed E-state index contributed by atoms with van der Waals surface area (Å²) in [6.07, 6.45) is 4.76. The maximum absolute atomic E-state index is 12.1. The Hall–Kier alpha value is -2.73. The first-order valence-electron chi connectivity index (χ1n) is 8.02. The zero-order valence-electron chi connectivity index (χ0n) is 14.4. The molecule has 0 unspecified atom stereocenters. The summed E-state index contributed by atoms with van der Waals surface area (Å²) in [6.45, 7) is 3.84. The number of rotatable bonds is 4. The highest BCUT2D eigenvalue weighted by molar-refractivity contribution is 9.10. The predicted molar refractivity (Wildman–Crippen MR) is 104 cm³/mol. The van der Waals surface area contributed by atoms with Gasteiger partial charge in [-0.1, -0.05) is 34.1 Å². The van der Waals surface area contributed by atoms with Crippen LogP contribution < -0.4 is 5.56 Å². The van der Waals surface area contributed by atoms with Crippen molar-refractivity contribution in [3.05, 3.63) is 85.9 Å². The third kappa shape index (κ3) is 4.26. The van der Waals surface area contributed by atoms with Gasteiger partial charge in [0.05, 0.1) is 5.69 Å². The molecule has 132 valence electrons. The summed E-state index contributed by atoms with van der Waals surface area (Å²) < 4.78 is 7.56. The number of pyridine rings is 1. The molecule has 0 aliphatic heterocycles. The summed E-state index contributed by atoms with van der Waals surface area (Å²) in [5.41, 5.74) is 3.70. The number of carbonyl (C=O) groups excluding carboxylic acids is 1. The van der Waals surface area contributed by atoms with Crippen molar-refractivity contribution < 1.29 is 9.53 Å². The molecular weight excluding hydrogens is 396 g/mol. The van der Waals surface area contributed by atoms with Gasteiger partial charge in [-0.15, -0.1) is 0 Å². The number of aryl methyl sites for hydroxylation is 2. The number of aromatic nitrogens is 2. The molecule has 26 heavy (non-hydrogen) atoms. The van der Waals surface area contributed by atoms with Crippen molar-refractivity contribution in [3.63, 3.8) is 0 Å². The molecule has 6 heteroatoms. The number of halogens is 1. The normalized spacial score (nSPS) is 11.2. The number of hydrogen-bond donors (Lipinski definition) is 0. The maximum Gasteiger partial charge on any atom is 0.331 e. The average Bonchev–Trinajstić information content (AvgIpc) is 2.60. The molecule has 3 aromatic rings. The minimum Gasteiger partial charge on any atom is -0.456 e. The van der Waals surface area contributed by atoms with E-state index in [-0.39, 0.29) is 12.2 Å². The van der Waals surface area contributed by atoms with Crippen molar-refractivity contribution in [2.75, 3.05) is 0 Å². The number of hydrogen-bond acceptors (Lipinski definition) is 4. The molecule has 0 saturated carbocycles. The van der Waals surface area contributed by atoms with Gasteiger partial charge in [-0.05, 0) is 48.7 Å². The zero-order valence-corrected chi connectivity index (χ0v) is 16.0. The van der Waals surface area contributed by atoms with Crippen molar-refractivity contribution in [3.8, 4) is 0 Å². The fraction of sp³-hybridized carbons (Fsp3) is 0.150. The van der Waals surface area contributed by atoms with E-state index in [0.717, 1.165) is 21.2 Å². The number of benzene rings is 1. The van der Waals surface area contributed by atoms with E-state index in [9.17, 15) is 9.59 Å². The molecule has 0 bridgehead atoms. The van der Waals surface area contributed by atoms with Gasteiger partial charge >= 0.3 is 5.97 Å². The minimum absolute atomic E-state index is 0.0577. The maximum atomic E-state index is 12.1. The molecule has 0 aliphatic carbocycles. The second-order valence-electron chi connectivity index (χ2n) is 5.99. The van der Waals surface area contributed by atoms with E-state index in [4.69, 9.17) is 4.74 Å². The number of carbonyl (C=O) groups is 1. The Labute approximate surface area is 159 Å². The van der Waals surface area contributed by atoms with Crippen LogP contribution in [0.3, 0.4) is 0 Å². The van der Waals surface area contributed by atoms with Crippen LogP contribution in [0.4, 0.5) is 0 Å². The standard InChI is InChI=1S/C20H17BrN2O3/c1-13-3-5-15(17(21)9-13)6-8-20(25)26-12-16-10-19(24)23-11-14(2)4-7-18(23)22-16/h3-11H,12H2,1-2H3/b8-6+. The van der Waals surface area contributed by atoms with Crippen LogP contribution in [0.1, 0.15) is 22.4 Å². The molecular formula is C20H17BrN2O3. The van der Waals surface area contributed by atoms with E-state index in [2.05, 4.69) is 20.9 Å². The van der Waals surface area contributed by atoms with Gasteiger partial charge in [0.1, 0.15) is 12.3 Å². The van der Waals surface area contributed by atoms with Crippen LogP contribution in [0.15, 0.2) is 57.9 Å².